The number of aryl methyl sites for hydroxylation is 2. The lowest BCUT2D eigenvalue weighted by molar-refractivity contribution is -0.147. The molecular weight excluding hydrogens is 508 g/mol. The second-order valence-electron chi connectivity index (χ2n) is 8.89. The lowest BCUT2D eigenvalue weighted by Crippen LogP contribution is -2.33. The number of fused-ring (bicyclic) bond motifs is 1. The molecule has 9 nitrogen and oxygen atoms in total. The van der Waals surface area contributed by atoms with Gasteiger partial charge in [-0.05, 0) is 48.4 Å². The molecule has 1 fully saturated rings. The third kappa shape index (κ3) is 5.57. The van der Waals surface area contributed by atoms with Crippen molar-refractivity contribution in [3.8, 4) is 0 Å². The smallest absolute Gasteiger partial charge is 0.321 e. The largest absolute Gasteiger partial charge is 0.464 e. The van der Waals surface area contributed by atoms with Gasteiger partial charge in [0.2, 0.25) is 0 Å². The van der Waals surface area contributed by atoms with Crippen molar-refractivity contribution in [1.82, 2.24) is 9.88 Å². The molecule has 1 aliphatic rings. The summed E-state index contributed by atoms with van der Waals surface area (Å²) in [5.41, 5.74) is 2.64. The Labute approximate surface area is 213 Å². The minimum absolute atomic E-state index is 0.0584. The zero-order valence-corrected chi connectivity index (χ0v) is 21.4. The van der Waals surface area contributed by atoms with Crippen LogP contribution in [0.2, 0.25) is 5.02 Å². The van der Waals surface area contributed by atoms with Gasteiger partial charge in [0.25, 0.3) is 5.91 Å². The molecule has 1 aromatic heterocycles. The summed E-state index contributed by atoms with van der Waals surface area (Å²) in [5, 5.41) is 14.0. The number of aromatic nitrogens is 1. The van der Waals surface area contributed by atoms with Crippen LogP contribution in [-0.2, 0) is 31.2 Å². The van der Waals surface area contributed by atoms with E-state index < -0.39 is 40.1 Å². The molecule has 1 unspecified atom stereocenters. The number of nitrogens with one attached hydrogen (secondary N) is 1. The molecule has 2 heterocycles. The van der Waals surface area contributed by atoms with Crippen molar-refractivity contribution >= 4 is 44.2 Å². The molecular formula is C25H27ClN2O7S. The maximum absolute atomic E-state index is 13.0. The number of halogens is 1. The number of amides is 1. The van der Waals surface area contributed by atoms with Crippen LogP contribution in [0.5, 0.6) is 0 Å². The van der Waals surface area contributed by atoms with Crippen LogP contribution in [0.15, 0.2) is 47.4 Å². The van der Waals surface area contributed by atoms with E-state index in [4.69, 9.17) is 21.1 Å². The predicted octanol–water partition coefficient (Wildman–Crippen LogP) is 2.57. The molecule has 0 spiro atoms. The highest BCUT2D eigenvalue weighted by Gasteiger charge is 2.25. The summed E-state index contributed by atoms with van der Waals surface area (Å²) in [6.45, 7) is 2.64. The molecule has 1 saturated heterocycles. The van der Waals surface area contributed by atoms with Crippen LogP contribution in [0, 0.1) is 12.8 Å². The Hall–Kier alpha value is -2.92. The zero-order valence-electron chi connectivity index (χ0n) is 19.9. The second-order valence-corrected chi connectivity index (χ2v) is 11.3. The third-order valence-electron chi connectivity index (χ3n) is 6.11. The Morgan fingerprint density at radius 2 is 1.92 bits per heavy atom. The van der Waals surface area contributed by atoms with E-state index in [9.17, 15) is 23.1 Å². The number of esters is 1. The van der Waals surface area contributed by atoms with Crippen LogP contribution < -0.4 is 5.32 Å². The van der Waals surface area contributed by atoms with Crippen molar-refractivity contribution < 1.29 is 32.6 Å². The fraction of sp³-hybridized carbons (Fsp3) is 0.360. The number of hydrogen-bond acceptors (Lipinski definition) is 7. The van der Waals surface area contributed by atoms with Crippen molar-refractivity contribution in [2.24, 2.45) is 13.0 Å². The van der Waals surface area contributed by atoms with Crippen LogP contribution in [0.1, 0.15) is 27.7 Å². The van der Waals surface area contributed by atoms with Gasteiger partial charge in [0.15, 0.2) is 15.6 Å². The first-order chi connectivity index (χ1) is 17.1. The van der Waals surface area contributed by atoms with Gasteiger partial charge in [0.1, 0.15) is 5.69 Å². The first kappa shape index (κ1) is 26.2. The molecule has 192 valence electrons. The fourth-order valence-corrected chi connectivity index (χ4v) is 5.42. The topological polar surface area (TPSA) is 124 Å². The van der Waals surface area contributed by atoms with Crippen LogP contribution in [-0.4, -0.2) is 62.1 Å². The summed E-state index contributed by atoms with van der Waals surface area (Å²) < 4.78 is 36.9. The van der Waals surface area contributed by atoms with Gasteiger partial charge in [-0.15, -0.1) is 0 Å². The van der Waals surface area contributed by atoms with Crippen LogP contribution in [0.25, 0.3) is 10.9 Å². The Balaban J connectivity index is 1.45. The van der Waals surface area contributed by atoms with Gasteiger partial charge in [-0.2, -0.15) is 0 Å². The molecule has 3 aromatic rings. The molecule has 0 radical (unpaired) electrons. The van der Waals surface area contributed by atoms with Gasteiger partial charge >= 0.3 is 5.97 Å². The molecule has 0 bridgehead atoms. The summed E-state index contributed by atoms with van der Waals surface area (Å²) in [4.78, 5) is 24.9. The van der Waals surface area contributed by atoms with E-state index >= 15 is 0 Å². The lowest BCUT2D eigenvalue weighted by atomic mass is 10.1. The van der Waals surface area contributed by atoms with E-state index in [0.29, 0.717) is 29.5 Å². The number of nitrogens with zero attached hydrogens (tertiary/aromatic N) is 1. The fourth-order valence-electron chi connectivity index (χ4n) is 3.98. The molecule has 0 saturated carbocycles. The summed E-state index contributed by atoms with van der Waals surface area (Å²) in [7, 11) is -2.16. The Kier molecular flexibility index (Phi) is 7.70. The van der Waals surface area contributed by atoms with Crippen molar-refractivity contribution in [1.29, 1.82) is 0 Å². The quantitative estimate of drug-likeness (QED) is 0.404. The minimum Gasteiger partial charge on any atom is -0.464 e. The molecule has 1 aliphatic heterocycles. The van der Waals surface area contributed by atoms with Gasteiger partial charge in [0, 0.05) is 18.4 Å². The number of sulfone groups is 1. The van der Waals surface area contributed by atoms with E-state index in [2.05, 4.69) is 5.32 Å². The molecule has 36 heavy (non-hydrogen) atoms. The van der Waals surface area contributed by atoms with Gasteiger partial charge in [-0.25, -0.2) is 8.42 Å². The van der Waals surface area contributed by atoms with Crippen molar-refractivity contribution in [2.45, 2.75) is 17.9 Å². The molecule has 0 aliphatic carbocycles. The number of rotatable bonds is 9. The minimum atomic E-state index is -3.91. The number of benzene rings is 2. The molecule has 1 amide bonds. The standard InChI is InChI=1S/C25H27ClN2O7S/c1-15-7-20(26)19-9-23(28(2)22(19)8-15)25(31)27-21(10-29)17-3-5-18(6-4-17)36(32,33)14-24(30)35-13-16-11-34-12-16/h3-9,16,21,29H,10-14H2,1-2H3,(H,27,31). The number of carbonyl (C=O) groups is 2. The van der Waals surface area contributed by atoms with E-state index in [1.807, 2.05) is 19.1 Å². The highest BCUT2D eigenvalue weighted by Crippen LogP contribution is 2.28. The van der Waals surface area contributed by atoms with E-state index in [1.165, 1.54) is 24.3 Å². The maximum Gasteiger partial charge on any atom is 0.321 e. The van der Waals surface area contributed by atoms with Crippen LogP contribution in [0.3, 0.4) is 0 Å². The van der Waals surface area contributed by atoms with Crippen molar-refractivity contribution in [3.05, 3.63) is 64.3 Å². The summed E-state index contributed by atoms with van der Waals surface area (Å²) >= 11 is 6.34. The maximum atomic E-state index is 13.0. The molecule has 2 N–H and O–H groups in total. The van der Waals surface area contributed by atoms with E-state index in [-0.39, 0.29) is 17.4 Å². The van der Waals surface area contributed by atoms with Crippen LogP contribution in [0.4, 0.5) is 0 Å². The first-order valence-corrected chi connectivity index (χ1v) is 13.4. The van der Waals surface area contributed by atoms with E-state index in [1.54, 1.807) is 17.7 Å². The van der Waals surface area contributed by atoms with Crippen LogP contribution >= 0.6 is 11.6 Å². The number of aliphatic hydroxyl groups is 1. The molecule has 2 aromatic carbocycles. The Morgan fingerprint density at radius 1 is 1.22 bits per heavy atom. The van der Waals surface area contributed by atoms with Crippen molar-refractivity contribution in [3.63, 3.8) is 0 Å². The van der Waals surface area contributed by atoms with Gasteiger partial charge in [0.05, 0.1) is 47.9 Å². The molecule has 4 rings (SSSR count). The Morgan fingerprint density at radius 3 is 2.53 bits per heavy atom. The summed E-state index contributed by atoms with van der Waals surface area (Å²) in [5.74, 6) is -1.91. The molecule has 11 heteroatoms. The van der Waals surface area contributed by atoms with Gasteiger partial charge < -0.3 is 24.5 Å². The highest BCUT2D eigenvalue weighted by molar-refractivity contribution is 7.92. The third-order valence-corrected chi connectivity index (χ3v) is 8.03. The number of hydrogen-bond donors (Lipinski definition) is 2. The van der Waals surface area contributed by atoms with E-state index in [0.717, 1.165) is 16.5 Å². The molecule has 1 atom stereocenters. The second kappa shape index (κ2) is 10.6. The summed E-state index contributed by atoms with van der Waals surface area (Å²) in [6.07, 6.45) is 0. The Bertz CT molecular complexity index is 1400. The van der Waals surface area contributed by atoms with Gasteiger partial charge in [-0.1, -0.05) is 23.7 Å². The number of aliphatic hydroxyl groups excluding tert-OH is 1. The van der Waals surface area contributed by atoms with Gasteiger partial charge in [-0.3, -0.25) is 9.59 Å². The zero-order chi connectivity index (χ0) is 26.0. The average Bonchev–Trinajstić information content (AvgIpc) is 3.13. The normalized spacial score (nSPS) is 14.9. The lowest BCUT2D eigenvalue weighted by Gasteiger charge is -2.25. The first-order valence-electron chi connectivity index (χ1n) is 11.3. The predicted molar refractivity (Wildman–Crippen MR) is 134 cm³/mol. The SMILES string of the molecule is Cc1cc(Cl)c2cc(C(=O)NC(CO)c3ccc(S(=O)(=O)CC(=O)OCC4COC4)cc3)n(C)c2c1. The average molecular weight is 535 g/mol. The number of carbonyl (C=O) groups excluding carboxylic acids is 2. The monoisotopic (exact) mass is 534 g/mol. The number of ether oxygens (including phenoxy) is 2. The van der Waals surface area contributed by atoms with Crippen molar-refractivity contribution in [2.75, 3.05) is 32.2 Å². The summed E-state index contributed by atoms with van der Waals surface area (Å²) in [6, 6.07) is 10.3. The highest BCUT2D eigenvalue weighted by atomic mass is 35.5.